The molecule has 0 radical (unpaired) electrons. The number of pyridine rings is 1. The Hall–Kier alpha value is -1.83. The highest BCUT2D eigenvalue weighted by Crippen LogP contribution is 2.48. The minimum absolute atomic E-state index is 0. The number of halogens is 1. The molecule has 140 valence electrons. The molecular weight excluding hydrogens is 439 g/mol. The molecule has 1 aromatic heterocycles. The Morgan fingerprint density at radius 3 is 2.62 bits per heavy atom. The van der Waals surface area contributed by atoms with E-state index >= 15 is 0 Å². The number of benzene rings is 1. The van der Waals surface area contributed by atoms with Crippen molar-refractivity contribution in [3.63, 3.8) is 0 Å². The predicted octanol–water partition coefficient (Wildman–Crippen LogP) is 3.37. The van der Waals surface area contributed by atoms with Gasteiger partial charge in [0.1, 0.15) is 12.4 Å². The summed E-state index contributed by atoms with van der Waals surface area (Å²) in [5.41, 5.74) is 1.63. The van der Waals surface area contributed by atoms with Gasteiger partial charge in [-0.25, -0.2) is 0 Å². The van der Waals surface area contributed by atoms with E-state index in [1.165, 1.54) is 18.4 Å². The minimum Gasteiger partial charge on any atom is -0.490 e. The van der Waals surface area contributed by atoms with Gasteiger partial charge in [-0.05, 0) is 37.5 Å². The van der Waals surface area contributed by atoms with Gasteiger partial charge in [-0.15, -0.1) is 24.0 Å². The zero-order valence-corrected chi connectivity index (χ0v) is 17.5. The van der Waals surface area contributed by atoms with Gasteiger partial charge < -0.3 is 15.4 Å². The highest BCUT2D eigenvalue weighted by atomic mass is 127. The molecule has 1 aliphatic carbocycles. The molecule has 0 amide bonds. The Morgan fingerprint density at radius 1 is 1.15 bits per heavy atom. The second-order valence-corrected chi connectivity index (χ2v) is 6.31. The average molecular weight is 466 g/mol. The van der Waals surface area contributed by atoms with E-state index in [0.29, 0.717) is 13.2 Å². The summed E-state index contributed by atoms with van der Waals surface area (Å²) in [5.74, 6) is 1.63. The molecule has 3 rings (SSSR count). The topological polar surface area (TPSA) is 58.5 Å². The minimum atomic E-state index is 0. The molecule has 1 aliphatic rings. The lowest BCUT2D eigenvalue weighted by Gasteiger charge is -2.16. The Bertz CT molecular complexity index is 675. The van der Waals surface area contributed by atoms with Crippen molar-refractivity contribution in [1.29, 1.82) is 0 Å². The molecular formula is C20H27IN4O. The number of aromatic nitrogens is 1. The normalized spacial score (nSPS) is 14.9. The van der Waals surface area contributed by atoms with Crippen molar-refractivity contribution in [3.05, 3.63) is 60.4 Å². The van der Waals surface area contributed by atoms with Crippen molar-refractivity contribution < 1.29 is 4.74 Å². The Labute approximate surface area is 172 Å². The summed E-state index contributed by atoms with van der Waals surface area (Å²) >= 11 is 0. The van der Waals surface area contributed by atoms with Gasteiger partial charge in [0.15, 0.2) is 5.96 Å². The lowest BCUT2D eigenvalue weighted by atomic mass is 9.96. The van der Waals surface area contributed by atoms with Gasteiger partial charge >= 0.3 is 0 Å². The van der Waals surface area contributed by atoms with Gasteiger partial charge in [0, 0.05) is 18.2 Å². The Balaban J connectivity index is 0.00000243. The molecule has 0 spiro atoms. The number of guanidine groups is 1. The van der Waals surface area contributed by atoms with E-state index < -0.39 is 0 Å². The molecule has 1 aromatic carbocycles. The molecule has 1 heterocycles. The zero-order valence-electron chi connectivity index (χ0n) is 15.1. The second-order valence-electron chi connectivity index (χ2n) is 6.31. The fourth-order valence-corrected chi connectivity index (χ4v) is 2.82. The lowest BCUT2D eigenvalue weighted by molar-refractivity contribution is 0.320. The van der Waals surface area contributed by atoms with E-state index in [2.05, 4.69) is 52.9 Å². The van der Waals surface area contributed by atoms with Crippen molar-refractivity contribution in [2.75, 3.05) is 26.2 Å². The number of hydrogen-bond acceptors (Lipinski definition) is 3. The molecule has 0 aliphatic heterocycles. The predicted molar refractivity (Wildman–Crippen MR) is 116 cm³/mol. The maximum atomic E-state index is 5.65. The molecule has 1 fully saturated rings. The van der Waals surface area contributed by atoms with Crippen LogP contribution in [0.15, 0.2) is 59.9 Å². The molecule has 26 heavy (non-hydrogen) atoms. The van der Waals surface area contributed by atoms with Crippen LogP contribution in [0.25, 0.3) is 0 Å². The summed E-state index contributed by atoms with van der Waals surface area (Å²) in [6.45, 7) is 5.00. The van der Waals surface area contributed by atoms with E-state index in [1.54, 1.807) is 12.4 Å². The molecule has 0 unspecified atom stereocenters. The van der Waals surface area contributed by atoms with Crippen LogP contribution in [0.1, 0.15) is 25.3 Å². The molecule has 2 aromatic rings. The van der Waals surface area contributed by atoms with E-state index in [0.717, 1.165) is 24.8 Å². The van der Waals surface area contributed by atoms with Crippen LogP contribution in [0.2, 0.25) is 0 Å². The van der Waals surface area contributed by atoms with Gasteiger partial charge in [0.05, 0.1) is 19.3 Å². The first-order valence-corrected chi connectivity index (χ1v) is 8.93. The third-order valence-electron chi connectivity index (χ3n) is 4.42. The van der Waals surface area contributed by atoms with Crippen LogP contribution in [0.4, 0.5) is 0 Å². The number of nitrogens with one attached hydrogen (secondary N) is 2. The number of ether oxygens (including phenoxy) is 1. The maximum absolute atomic E-state index is 5.65. The quantitative estimate of drug-likeness (QED) is 0.271. The standard InChI is InChI=1S/C20H26N4O.HI/c1-2-22-19(23-13-14-25-18-9-6-12-21-15-18)24-16-20(10-11-20)17-7-4-3-5-8-17;/h3-9,12,15H,2,10-11,13-14,16H2,1H3,(H2,22,23,24);1H. The van der Waals surface area contributed by atoms with Crippen LogP contribution in [0.5, 0.6) is 5.75 Å². The van der Waals surface area contributed by atoms with E-state index in [-0.39, 0.29) is 29.4 Å². The van der Waals surface area contributed by atoms with Crippen molar-refractivity contribution in [1.82, 2.24) is 15.6 Å². The van der Waals surface area contributed by atoms with Crippen LogP contribution in [-0.2, 0) is 5.41 Å². The highest BCUT2D eigenvalue weighted by Gasteiger charge is 2.43. The van der Waals surface area contributed by atoms with Crippen LogP contribution in [-0.4, -0.2) is 37.2 Å². The van der Waals surface area contributed by atoms with Crippen molar-refractivity contribution in [2.24, 2.45) is 4.99 Å². The lowest BCUT2D eigenvalue weighted by Crippen LogP contribution is -2.39. The second kappa shape index (κ2) is 10.4. The average Bonchev–Trinajstić information content (AvgIpc) is 3.46. The van der Waals surface area contributed by atoms with Crippen LogP contribution < -0.4 is 15.4 Å². The molecule has 5 nitrogen and oxygen atoms in total. The first-order valence-electron chi connectivity index (χ1n) is 8.93. The zero-order chi connectivity index (χ0) is 17.4. The fourth-order valence-electron chi connectivity index (χ4n) is 2.82. The van der Waals surface area contributed by atoms with Gasteiger partial charge in [-0.1, -0.05) is 30.3 Å². The largest absolute Gasteiger partial charge is 0.490 e. The number of hydrogen-bond donors (Lipinski definition) is 2. The molecule has 6 heteroatoms. The van der Waals surface area contributed by atoms with Crippen molar-refractivity contribution in [3.8, 4) is 5.75 Å². The van der Waals surface area contributed by atoms with Crippen LogP contribution in [0, 0.1) is 0 Å². The number of rotatable bonds is 8. The molecule has 2 N–H and O–H groups in total. The molecule has 1 saturated carbocycles. The van der Waals surface area contributed by atoms with Crippen molar-refractivity contribution >= 4 is 29.9 Å². The summed E-state index contributed by atoms with van der Waals surface area (Å²) in [6.07, 6.45) is 5.88. The molecule has 0 saturated heterocycles. The monoisotopic (exact) mass is 466 g/mol. The van der Waals surface area contributed by atoms with E-state index in [9.17, 15) is 0 Å². The Morgan fingerprint density at radius 2 is 1.96 bits per heavy atom. The summed E-state index contributed by atoms with van der Waals surface area (Å²) in [5, 5.41) is 6.64. The fraction of sp³-hybridized carbons (Fsp3) is 0.400. The third-order valence-corrected chi connectivity index (χ3v) is 4.42. The molecule has 0 bridgehead atoms. The van der Waals surface area contributed by atoms with Gasteiger partial charge in [-0.2, -0.15) is 0 Å². The van der Waals surface area contributed by atoms with Gasteiger partial charge in [0.25, 0.3) is 0 Å². The summed E-state index contributed by atoms with van der Waals surface area (Å²) in [6, 6.07) is 14.5. The first-order chi connectivity index (χ1) is 12.3. The SMILES string of the molecule is CCNC(=NCC1(c2ccccc2)CC1)NCCOc1cccnc1.I. The third kappa shape index (κ3) is 5.86. The first kappa shape index (κ1) is 20.5. The smallest absolute Gasteiger partial charge is 0.191 e. The number of nitrogens with zero attached hydrogens (tertiary/aromatic N) is 2. The summed E-state index contributed by atoms with van der Waals surface area (Å²) < 4.78 is 5.65. The van der Waals surface area contributed by atoms with E-state index in [1.807, 2.05) is 12.1 Å². The van der Waals surface area contributed by atoms with Crippen LogP contribution in [0.3, 0.4) is 0 Å². The highest BCUT2D eigenvalue weighted by molar-refractivity contribution is 14.0. The maximum Gasteiger partial charge on any atom is 0.191 e. The van der Waals surface area contributed by atoms with Crippen LogP contribution >= 0.6 is 24.0 Å². The molecule has 0 atom stereocenters. The van der Waals surface area contributed by atoms with Gasteiger partial charge in [0.2, 0.25) is 0 Å². The summed E-state index contributed by atoms with van der Waals surface area (Å²) in [4.78, 5) is 8.83. The summed E-state index contributed by atoms with van der Waals surface area (Å²) in [7, 11) is 0. The van der Waals surface area contributed by atoms with Crippen molar-refractivity contribution in [2.45, 2.75) is 25.2 Å². The number of aliphatic imine (C=N–C) groups is 1. The van der Waals surface area contributed by atoms with Gasteiger partial charge in [-0.3, -0.25) is 9.98 Å². The Kier molecular flexibility index (Phi) is 8.15. The van der Waals surface area contributed by atoms with E-state index in [4.69, 9.17) is 9.73 Å².